The molecule has 2 N–H and O–H groups in total. The molecule has 4 nitrogen and oxygen atoms in total. The summed E-state index contributed by atoms with van der Waals surface area (Å²) in [6.45, 7) is 0.0525. The van der Waals surface area contributed by atoms with Crippen LogP contribution in [0.3, 0.4) is 0 Å². The molecule has 0 bridgehead atoms. The summed E-state index contributed by atoms with van der Waals surface area (Å²) in [5.74, 6) is 0. The van der Waals surface area contributed by atoms with Crippen molar-refractivity contribution in [3.8, 4) is 21.8 Å². The topological polar surface area (TPSA) is 61.8 Å². The second-order valence-electron chi connectivity index (χ2n) is 3.85. The summed E-state index contributed by atoms with van der Waals surface area (Å²) in [4.78, 5) is 1.09. The standard InChI is InChI=1S/C13H11N3OS/c17-8-9-3-5-10(6-4-9)12-13(15-16-14-12)11-2-1-7-18-11/h1-7,17H,8H2,(H,14,15,16). The molecule has 0 radical (unpaired) electrons. The average molecular weight is 257 g/mol. The molecule has 0 fully saturated rings. The molecule has 0 saturated heterocycles. The molecule has 0 saturated carbocycles. The van der Waals surface area contributed by atoms with Crippen molar-refractivity contribution in [1.82, 2.24) is 15.4 Å². The summed E-state index contributed by atoms with van der Waals surface area (Å²) in [5.41, 5.74) is 3.58. The third-order valence-corrected chi connectivity index (χ3v) is 3.59. The number of thiophene rings is 1. The summed E-state index contributed by atoms with van der Waals surface area (Å²) in [6.07, 6.45) is 0. The fraction of sp³-hybridized carbons (Fsp3) is 0.0769. The number of nitrogens with zero attached hydrogens (tertiary/aromatic N) is 2. The fourth-order valence-electron chi connectivity index (χ4n) is 1.79. The average Bonchev–Trinajstić information content (AvgIpc) is 3.09. The van der Waals surface area contributed by atoms with Crippen LogP contribution in [-0.4, -0.2) is 20.5 Å². The molecule has 5 heteroatoms. The van der Waals surface area contributed by atoms with Gasteiger partial charge in [-0.25, -0.2) is 0 Å². The Balaban J connectivity index is 2.04. The third-order valence-electron chi connectivity index (χ3n) is 2.71. The quantitative estimate of drug-likeness (QED) is 0.758. The van der Waals surface area contributed by atoms with E-state index in [-0.39, 0.29) is 6.61 Å². The molecule has 1 aromatic carbocycles. The number of rotatable bonds is 3. The van der Waals surface area contributed by atoms with E-state index in [1.54, 1.807) is 11.3 Å². The summed E-state index contributed by atoms with van der Waals surface area (Å²) in [6, 6.07) is 11.7. The molecule has 0 spiro atoms. The molecule has 0 amide bonds. The zero-order valence-electron chi connectivity index (χ0n) is 9.50. The Hall–Kier alpha value is -1.98. The minimum Gasteiger partial charge on any atom is -0.392 e. The molecule has 3 aromatic rings. The zero-order chi connectivity index (χ0) is 12.4. The SMILES string of the molecule is OCc1ccc(-c2n[nH]nc2-c2cccs2)cc1. The Labute approximate surface area is 108 Å². The minimum atomic E-state index is 0.0525. The van der Waals surface area contributed by atoms with Crippen molar-refractivity contribution in [2.24, 2.45) is 0 Å². The van der Waals surface area contributed by atoms with E-state index in [4.69, 9.17) is 5.11 Å². The first-order chi connectivity index (χ1) is 8.88. The summed E-state index contributed by atoms with van der Waals surface area (Å²) in [7, 11) is 0. The number of benzene rings is 1. The fourth-order valence-corrected chi connectivity index (χ4v) is 2.50. The molecular weight excluding hydrogens is 246 g/mol. The molecule has 0 unspecified atom stereocenters. The van der Waals surface area contributed by atoms with Gasteiger partial charge in [0, 0.05) is 5.56 Å². The van der Waals surface area contributed by atoms with E-state index in [0.717, 1.165) is 27.4 Å². The molecule has 18 heavy (non-hydrogen) atoms. The van der Waals surface area contributed by atoms with Gasteiger partial charge in [-0.15, -0.1) is 11.3 Å². The smallest absolute Gasteiger partial charge is 0.130 e. The first-order valence-electron chi connectivity index (χ1n) is 5.53. The Bertz CT molecular complexity index is 629. The van der Waals surface area contributed by atoms with Gasteiger partial charge in [0.2, 0.25) is 0 Å². The summed E-state index contributed by atoms with van der Waals surface area (Å²) in [5, 5.41) is 22.1. The van der Waals surface area contributed by atoms with Gasteiger partial charge < -0.3 is 5.11 Å². The van der Waals surface area contributed by atoms with Gasteiger partial charge in [-0.3, -0.25) is 0 Å². The van der Waals surface area contributed by atoms with Crippen LogP contribution < -0.4 is 0 Å². The molecule has 90 valence electrons. The highest BCUT2D eigenvalue weighted by molar-refractivity contribution is 7.13. The lowest BCUT2D eigenvalue weighted by Gasteiger charge is -2.00. The van der Waals surface area contributed by atoms with Crippen LogP contribution in [0.5, 0.6) is 0 Å². The van der Waals surface area contributed by atoms with Crippen molar-refractivity contribution in [3.05, 3.63) is 47.3 Å². The van der Waals surface area contributed by atoms with Crippen molar-refractivity contribution in [2.75, 3.05) is 0 Å². The number of aromatic nitrogens is 3. The Kier molecular flexibility index (Phi) is 2.92. The maximum atomic E-state index is 9.03. The highest BCUT2D eigenvalue weighted by atomic mass is 32.1. The van der Waals surface area contributed by atoms with Crippen molar-refractivity contribution in [2.45, 2.75) is 6.61 Å². The zero-order valence-corrected chi connectivity index (χ0v) is 10.3. The third kappa shape index (κ3) is 1.94. The van der Waals surface area contributed by atoms with E-state index in [0.29, 0.717) is 0 Å². The van der Waals surface area contributed by atoms with Gasteiger partial charge in [0.05, 0.1) is 11.5 Å². The number of aromatic amines is 1. The van der Waals surface area contributed by atoms with Crippen LogP contribution in [-0.2, 0) is 6.61 Å². The lowest BCUT2D eigenvalue weighted by Crippen LogP contribution is -1.85. The van der Waals surface area contributed by atoms with Crippen LogP contribution in [0.2, 0.25) is 0 Å². The van der Waals surface area contributed by atoms with Crippen molar-refractivity contribution < 1.29 is 5.11 Å². The number of aliphatic hydroxyl groups excluding tert-OH is 1. The Morgan fingerprint density at radius 1 is 1.06 bits per heavy atom. The molecule has 0 aliphatic carbocycles. The molecule has 2 heterocycles. The number of nitrogens with one attached hydrogen (secondary N) is 1. The lowest BCUT2D eigenvalue weighted by atomic mass is 10.1. The summed E-state index contributed by atoms with van der Waals surface area (Å²) >= 11 is 1.63. The van der Waals surface area contributed by atoms with Gasteiger partial charge in [-0.2, -0.15) is 15.4 Å². The highest BCUT2D eigenvalue weighted by Gasteiger charge is 2.12. The molecule has 3 rings (SSSR count). The van der Waals surface area contributed by atoms with E-state index >= 15 is 0 Å². The Morgan fingerprint density at radius 2 is 1.83 bits per heavy atom. The van der Waals surface area contributed by atoms with Crippen molar-refractivity contribution in [1.29, 1.82) is 0 Å². The Morgan fingerprint density at radius 3 is 2.50 bits per heavy atom. The molecule has 0 aliphatic rings. The minimum absolute atomic E-state index is 0.0525. The maximum Gasteiger partial charge on any atom is 0.130 e. The van der Waals surface area contributed by atoms with Crippen LogP contribution in [0.25, 0.3) is 21.8 Å². The first-order valence-corrected chi connectivity index (χ1v) is 6.41. The second-order valence-corrected chi connectivity index (χ2v) is 4.80. The number of hydrogen-bond acceptors (Lipinski definition) is 4. The van der Waals surface area contributed by atoms with E-state index < -0.39 is 0 Å². The number of aliphatic hydroxyl groups is 1. The normalized spacial score (nSPS) is 10.7. The van der Waals surface area contributed by atoms with Gasteiger partial charge in [-0.1, -0.05) is 30.3 Å². The maximum absolute atomic E-state index is 9.03. The van der Waals surface area contributed by atoms with E-state index in [1.807, 2.05) is 41.8 Å². The predicted octanol–water partition coefficient (Wildman–Crippen LogP) is 2.69. The first kappa shape index (κ1) is 11.1. The van der Waals surface area contributed by atoms with E-state index in [9.17, 15) is 0 Å². The predicted molar refractivity (Wildman–Crippen MR) is 71.1 cm³/mol. The largest absolute Gasteiger partial charge is 0.392 e. The van der Waals surface area contributed by atoms with Crippen LogP contribution in [0.4, 0.5) is 0 Å². The van der Waals surface area contributed by atoms with Crippen molar-refractivity contribution in [3.63, 3.8) is 0 Å². The van der Waals surface area contributed by atoms with Gasteiger partial charge in [0.1, 0.15) is 11.4 Å². The monoisotopic (exact) mass is 257 g/mol. The van der Waals surface area contributed by atoms with Gasteiger partial charge in [0.15, 0.2) is 0 Å². The van der Waals surface area contributed by atoms with Crippen LogP contribution in [0.15, 0.2) is 41.8 Å². The van der Waals surface area contributed by atoms with E-state index in [1.165, 1.54) is 0 Å². The molecular formula is C13H11N3OS. The van der Waals surface area contributed by atoms with Crippen molar-refractivity contribution >= 4 is 11.3 Å². The van der Waals surface area contributed by atoms with E-state index in [2.05, 4.69) is 15.4 Å². The summed E-state index contributed by atoms with van der Waals surface area (Å²) < 4.78 is 0. The molecule has 0 atom stereocenters. The lowest BCUT2D eigenvalue weighted by molar-refractivity contribution is 0.282. The second kappa shape index (κ2) is 4.72. The van der Waals surface area contributed by atoms with Gasteiger partial charge >= 0.3 is 0 Å². The van der Waals surface area contributed by atoms with Crippen LogP contribution in [0, 0.1) is 0 Å². The highest BCUT2D eigenvalue weighted by Crippen LogP contribution is 2.31. The van der Waals surface area contributed by atoms with Crippen LogP contribution >= 0.6 is 11.3 Å². The number of H-pyrrole nitrogens is 1. The number of hydrogen-bond donors (Lipinski definition) is 2. The van der Waals surface area contributed by atoms with Gasteiger partial charge in [0.25, 0.3) is 0 Å². The molecule has 2 aromatic heterocycles. The van der Waals surface area contributed by atoms with Gasteiger partial charge in [-0.05, 0) is 17.0 Å². The molecule has 0 aliphatic heterocycles. The van der Waals surface area contributed by atoms with Crippen LogP contribution in [0.1, 0.15) is 5.56 Å².